The van der Waals surface area contributed by atoms with Crippen LogP contribution in [-0.2, 0) is 9.47 Å². The first-order valence-corrected chi connectivity index (χ1v) is 5.98. The molecule has 0 aliphatic heterocycles. The number of hydrogen-bond donors (Lipinski definition) is 0. The fourth-order valence-electron chi connectivity index (χ4n) is 1.13. The molecule has 0 N–H and O–H groups in total. The maximum atomic E-state index is 11.5. The topological polar surface area (TPSA) is 48.4 Å². The molecule has 0 amide bonds. The molecule has 94 valence electrons. The first-order chi connectivity index (χ1) is 8.24. The number of carbonyl (C=O) groups excluding carboxylic acids is 1. The molecule has 0 radical (unpaired) electrons. The highest BCUT2D eigenvalue weighted by atomic mass is 35.5. The van der Waals surface area contributed by atoms with Crippen LogP contribution in [-0.4, -0.2) is 30.8 Å². The normalized spacial score (nSPS) is 10.2. The standard InChI is InChI=1S/C12H16ClNO3/c1-2-3-6-16-7-8-17-12(15)11-9-10(13)4-5-14-11/h4-5,9H,2-3,6-8H2,1H3. The number of pyridine rings is 1. The van der Waals surface area contributed by atoms with Crippen LogP contribution in [0.4, 0.5) is 0 Å². The van der Waals surface area contributed by atoms with Gasteiger partial charge in [0.05, 0.1) is 6.61 Å². The highest BCUT2D eigenvalue weighted by Gasteiger charge is 2.08. The quantitative estimate of drug-likeness (QED) is 0.557. The molecule has 17 heavy (non-hydrogen) atoms. The van der Waals surface area contributed by atoms with E-state index in [4.69, 9.17) is 21.1 Å². The van der Waals surface area contributed by atoms with Crippen LogP contribution in [0.25, 0.3) is 0 Å². The van der Waals surface area contributed by atoms with Gasteiger partial charge in [-0.2, -0.15) is 0 Å². The summed E-state index contributed by atoms with van der Waals surface area (Å²) in [5, 5.41) is 0.464. The summed E-state index contributed by atoms with van der Waals surface area (Å²) < 4.78 is 10.2. The minimum Gasteiger partial charge on any atom is -0.459 e. The third kappa shape index (κ3) is 5.65. The molecule has 0 unspecified atom stereocenters. The summed E-state index contributed by atoms with van der Waals surface area (Å²) in [5.74, 6) is -0.480. The lowest BCUT2D eigenvalue weighted by Crippen LogP contribution is -2.12. The molecule has 5 heteroatoms. The first kappa shape index (κ1) is 13.9. The first-order valence-electron chi connectivity index (χ1n) is 5.60. The van der Waals surface area contributed by atoms with Crippen LogP contribution < -0.4 is 0 Å². The van der Waals surface area contributed by atoms with Gasteiger partial charge in [-0.3, -0.25) is 0 Å². The highest BCUT2D eigenvalue weighted by molar-refractivity contribution is 6.30. The summed E-state index contributed by atoms with van der Waals surface area (Å²) in [6.07, 6.45) is 3.58. The van der Waals surface area contributed by atoms with Crippen LogP contribution >= 0.6 is 11.6 Å². The molecule has 0 bridgehead atoms. The molecule has 0 aliphatic rings. The molecule has 0 saturated carbocycles. The number of halogens is 1. The third-order valence-electron chi connectivity index (χ3n) is 2.03. The molecule has 0 aliphatic carbocycles. The molecule has 0 spiro atoms. The van der Waals surface area contributed by atoms with Crippen molar-refractivity contribution in [3.05, 3.63) is 29.0 Å². The van der Waals surface area contributed by atoms with E-state index in [1.807, 2.05) is 0 Å². The third-order valence-corrected chi connectivity index (χ3v) is 2.27. The summed E-state index contributed by atoms with van der Waals surface area (Å²) in [7, 11) is 0. The number of carbonyl (C=O) groups is 1. The average molecular weight is 258 g/mol. The van der Waals surface area contributed by atoms with E-state index in [0.29, 0.717) is 18.2 Å². The van der Waals surface area contributed by atoms with Gasteiger partial charge in [-0.25, -0.2) is 9.78 Å². The van der Waals surface area contributed by atoms with Gasteiger partial charge >= 0.3 is 5.97 Å². The van der Waals surface area contributed by atoms with Crippen LogP contribution in [0.15, 0.2) is 18.3 Å². The molecule has 1 heterocycles. The number of esters is 1. The zero-order valence-corrected chi connectivity index (χ0v) is 10.6. The SMILES string of the molecule is CCCCOCCOC(=O)c1cc(Cl)ccn1. The minimum absolute atomic E-state index is 0.214. The summed E-state index contributed by atoms with van der Waals surface area (Å²) in [5.41, 5.74) is 0.214. The second kappa shape index (κ2) is 8.03. The second-order valence-electron chi connectivity index (χ2n) is 3.46. The Labute approximate surface area is 106 Å². The van der Waals surface area contributed by atoms with E-state index in [1.165, 1.54) is 12.3 Å². The Balaban J connectivity index is 2.21. The Morgan fingerprint density at radius 2 is 2.24 bits per heavy atom. The van der Waals surface area contributed by atoms with Crippen LogP contribution in [0.1, 0.15) is 30.3 Å². The largest absolute Gasteiger partial charge is 0.459 e. The van der Waals surface area contributed by atoms with Gasteiger partial charge in [-0.05, 0) is 18.6 Å². The van der Waals surface area contributed by atoms with E-state index in [2.05, 4.69) is 11.9 Å². The number of hydrogen-bond acceptors (Lipinski definition) is 4. The molecular weight excluding hydrogens is 242 g/mol. The van der Waals surface area contributed by atoms with E-state index in [-0.39, 0.29) is 12.3 Å². The minimum atomic E-state index is -0.480. The molecule has 1 aromatic heterocycles. The fourth-order valence-corrected chi connectivity index (χ4v) is 1.29. The summed E-state index contributed by atoms with van der Waals surface area (Å²) >= 11 is 5.73. The van der Waals surface area contributed by atoms with Gasteiger partial charge in [0.25, 0.3) is 0 Å². The fraction of sp³-hybridized carbons (Fsp3) is 0.500. The predicted molar refractivity (Wildman–Crippen MR) is 65.3 cm³/mol. The van der Waals surface area contributed by atoms with E-state index in [9.17, 15) is 4.79 Å². The van der Waals surface area contributed by atoms with Crippen molar-refractivity contribution in [1.29, 1.82) is 0 Å². The van der Waals surface area contributed by atoms with Crippen LogP contribution in [0.5, 0.6) is 0 Å². The Hall–Kier alpha value is -1.13. The molecular formula is C12H16ClNO3. The maximum absolute atomic E-state index is 11.5. The van der Waals surface area contributed by atoms with Crippen LogP contribution in [0.3, 0.4) is 0 Å². The van der Waals surface area contributed by atoms with E-state index in [1.54, 1.807) is 6.07 Å². The van der Waals surface area contributed by atoms with E-state index < -0.39 is 5.97 Å². The van der Waals surface area contributed by atoms with E-state index in [0.717, 1.165) is 12.8 Å². The summed E-state index contributed by atoms with van der Waals surface area (Å²) in [6.45, 7) is 3.43. The average Bonchev–Trinajstić information content (AvgIpc) is 2.33. The number of ether oxygens (including phenoxy) is 2. The summed E-state index contributed by atoms with van der Waals surface area (Å²) in [6, 6.07) is 3.08. The number of nitrogens with zero attached hydrogens (tertiary/aromatic N) is 1. The lowest BCUT2D eigenvalue weighted by atomic mass is 10.3. The zero-order valence-electron chi connectivity index (χ0n) is 9.82. The maximum Gasteiger partial charge on any atom is 0.357 e. The Bertz CT molecular complexity index is 357. The second-order valence-corrected chi connectivity index (χ2v) is 3.90. The molecule has 0 fully saturated rings. The monoisotopic (exact) mass is 257 g/mol. The van der Waals surface area contributed by atoms with Gasteiger partial charge in [-0.15, -0.1) is 0 Å². The molecule has 1 aromatic rings. The molecule has 0 atom stereocenters. The molecule has 0 saturated heterocycles. The molecule has 1 rings (SSSR count). The highest BCUT2D eigenvalue weighted by Crippen LogP contribution is 2.08. The zero-order chi connectivity index (χ0) is 12.5. The van der Waals surface area contributed by atoms with Gasteiger partial charge in [0.15, 0.2) is 0 Å². The van der Waals surface area contributed by atoms with Gasteiger partial charge < -0.3 is 9.47 Å². The van der Waals surface area contributed by atoms with Crippen molar-refractivity contribution >= 4 is 17.6 Å². The Kier molecular flexibility index (Phi) is 6.58. The van der Waals surface area contributed by atoms with Crippen molar-refractivity contribution in [3.8, 4) is 0 Å². The van der Waals surface area contributed by atoms with Gasteiger partial charge in [-0.1, -0.05) is 24.9 Å². The Morgan fingerprint density at radius 1 is 1.41 bits per heavy atom. The van der Waals surface area contributed by atoms with Crippen LogP contribution in [0.2, 0.25) is 5.02 Å². The van der Waals surface area contributed by atoms with Crippen LogP contribution in [0, 0.1) is 0 Å². The Morgan fingerprint density at radius 3 is 2.94 bits per heavy atom. The lowest BCUT2D eigenvalue weighted by molar-refractivity contribution is 0.0308. The van der Waals surface area contributed by atoms with Crippen molar-refractivity contribution in [1.82, 2.24) is 4.98 Å². The number of unbranched alkanes of at least 4 members (excludes halogenated alkanes) is 1. The van der Waals surface area contributed by atoms with Gasteiger partial charge in [0.1, 0.15) is 12.3 Å². The van der Waals surface area contributed by atoms with Crippen molar-refractivity contribution in [2.45, 2.75) is 19.8 Å². The van der Waals surface area contributed by atoms with E-state index >= 15 is 0 Å². The predicted octanol–water partition coefficient (Wildman–Crippen LogP) is 2.71. The number of aromatic nitrogens is 1. The molecule has 0 aromatic carbocycles. The number of rotatable bonds is 7. The van der Waals surface area contributed by atoms with Crippen molar-refractivity contribution in [3.63, 3.8) is 0 Å². The van der Waals surface area contributed by atoms with Gasteiger partial charge in [0.2, 0.25) is 0 Å². The van der Waals surface area contributed by atoms with Crippen molar-refractivity contribution in [2.75, 3.05) is 19.8 Å². The van der Waals surface area contributed by atoms with Gasteiger partial charge in [0, 0.05) is 17.8 Å². The smallest absolute Gasteiger partial charge is 0.357 e. The van der Waals surface area contributed by atoms with Crippen molar-refractivity contribution < 1.29 is 14.3 Å². The van der Waals surface area contributed by atoms with Crippen molar-refractivity contribution in [2.24, 2.45) is 0 Å². The summed E-state index contributed by atoms with van der Waals surface area (Å²) in [4.78, 5) is 15.4. The lowest BCUT2D eigenvalue weighted by Gasteiger charge is -2.05. The molecule has 4 nitrogen and oxygen atoms in total.